The smallest absolute Gasteiger partial charge is 0.231 e. The van der Waals surface area contributed by atoms with Crippen molar-refractivity contribution in [3.63, 3.8) is 0 Å². The van der Waals surface area contributed by atoms with Crippen molar-refractivity contribution in [3.8, 4) is 11.8 Å². The number of likely N-dealkylation sites (N-methyl/N-ethyl adjacent to an activating group) is 1. The number of amides is 1. The lowest BCUT2D eigenvalue weighted by Gasteiger charge is -2.18. The molecule has 0 saturated carbocycles. The first-order chi connectivity index (χ1) is 9.63. The molecule has 0 aromatic heterocycles. The van der Waals surface area contributed by atoms with E-state index in [0.717, 1.165) is 0 Å². The largest absolute Gasteiger partial charge is 0.508 e. The van der Waals surface area contributed by atoms with Crippen LogP contribution in [0.1, 0.15) is 11.1 Å². The van der Waals surface area contributed by atoms with Crippen LogP contribution in [0.25, 0.3) is 0 Å². The Balaban J connectivity index is 2.22. The van der Waals surface area contributed by atoms with Gasteiger partial charge in [-0.25, -0.2) is 0 Å². The van der Waals surface area contributed by atoms with Gasteiger partial charge in [-0.2, -0.15) is 5.26 Å². The molecule has 0 aliphatic heterocycles. The van der Waals surface area contributed by atoms with E-state index in [-0.39, 0.29) is 18.1 Å². The standard InChI is InChI=1S/C16H14N2O2/c1-18(14-8-4-2-7-13(14)11-17)16(20)10-12-6-3-5-9-15(12)19/h2-9,19H,10H2,1H3. The number of hydrogen-bond donors (Lipinski definition) is 1. The second-order valence-electron chi connectivity index (χ2n) is 4.39. The number of rotatable bonds is 3. The number of carbonyl (C=O) groups excluding carboxylic acids is 1. The summed E-state index contributed by atoms with van der Waals surface area (Å²) in [5.74, 6) is -0.0861. The van der Waals surface area contributed by atoms with Gasteiger partial charge in [0, 0.05) is 12.6 Å². The number of benzene rings is 2. The minimum Gasteiger partial charge on any atom is -0.508 e. The van der Waals surface area contributed by atoms with Gasteiger partial charge in [-0.1, -0.05) is 30.3 Å². The van der Waals surface area contributed by atoms with Gasteiger partial charge >= 0.3 is 0 Å². The summed E-state index contributed by atoms with van der Waals surface area (Å²) < 4.78 is 0. The molecule has 0 saturated heterocycles. The van der Waals surface area contributed by atoms with Gasteiger partial charge < -0.3 is 10.0 Å². The van der Waals surface area contributed by atoms with Crippen LogP contribution in [0.2, 0.25) is 0 Å². The van der Waals surface area contributed by atoms with E-state index in [9.17, 15) is 9.90 Å². The number of carbonyl (C=O) groups is 1. The summed E-state index contributed by atoms with van der Waals surface area (Å²) in [5, 5.41) is 18.7. The molecular weight excluding hydrogens is 252 g/mol. The highest BCUT2D eigenvalue weighted by atomic mass is 16.3. The fraction of sp³-hybridized carbons (Fsp3) is 0.125. The molecular formula is C16H14N2O2. The molecule has 0 unspecified atom stereocenters. The third-order valence-electron chi connectivity index (χ3n) is 3.09. The molecule has 0 atom stereocenters. The second kappa shape index (κ2) is 5.89. The maximum absolute atomic E-state index is 12.2. The molecule has 0 aliphatic rings. The van der Waals surface area contributed by atoms with Crippen molar-refractivity contribution < 1.29 is 9.90 Å². The Morgan fingerprint density at radius 1 is 1.20 bits per heavy atom. The predicted molar refractivity (Wildman–Crippen MR) is 76.4 cm³/mol. The summed E-state index contributed by atoms with van der Waals surface area (Å²) in [6, 6.07) is 15.7. The first-order valence-corrected chi connectivity index (χ1v) is 6.16. The van der Waals surface area contributed by atoms with Gasteiger partial charge in [-0.15, -0.1) is 0 Å². The van der Waals surface area contributed by atoms with Gasteiger partial charge in [0.2, 0.25) is 5.91 Å². The molecule has 0 bridgehead atoms. The number of aromatic hydroxyl groups is 1. The number of anilines is 1. The molecule has 1 N–H and O–H groups in total. The second-order valence-corrected chi connectivity index (χ2v) is 4.39. The summed E-state index contributed by atoms with van der Waals surface area (Å²) >= 11 is 0. The molecule has 0 aliphatic carbocycles. The van der Waals surface area contributed by atoms with Gasteiger partial charge in [0.25, 0.3) is 0 Å². The number of para-hydroxylation sites is 2. The zero-order valence-corrected chi connectivity index (χ0v) is 11.1. The van der Waals surface area contributed by atoms with E-state index in [2.05, 4.69) is 6.07 Å². The van der Waals surface area contributed by atoms with Crippen LogP contribution in [0.15, 0.2) is 48.5 Å². The predicted octanol–water partition coefficient (Wildman–Crippen LogP) is 2.47. The first kappa shape index (κ1) is 13.6. The Hall–Kier alpha value is -2.80. The fourth-order valence-electron chi connectivity index (χ4n) is 1.94. The molecule has 0 fully saturated rings. The van der Waals surface area contributed by atoms with Crippen molar-refractivity contribution in [1.29, 1.82) is 5.26 Å². The van der Waals surface area contributed by atoms with Crippen LogP contribution < -0.4 is 4.90 Å². The molecule has 2 rings (SSSR count). The van der Waals surface area contributed by atoms with E-state index < -0.39 is 0 Å². The molecule has 2 aromatic rings. The topological polar surface area (TPSA) is 64.3 Å². The van der Waals surface area contributed by atoms with Crippen LogP contribution in [0.3, 0.4) is 0 Å². The summed E-state index contributed by atoms with van der Waals surface area (Å²) in [5.41, 5.74) is 1.58. The number of nitriles is 1. The fourth-order valence-corrected chi connectivity index (χ4v) is 1.94. The van der Waals surface area contributed by atoms with E-state index in [1.54, 1.807) is 55.6 Å². The summed E-state index contributed by atoms with van der Waals surface area (Å²) in [7, 11) is 1.62. The van der Waals surface area contributed by atoms with E-state index in [4.69, 9.17) is 5.26 Å². The Kier molecular flexibility index (Phi) is 4.02. The van der Waals surface area contributed by atoms with Crippen LogP contribution in [0.5, 0.6) is 5.75 Å². The lowest BCUT2D eigenvalue weighted by molar-refractivity contribution is -0.117. The van der Waals surface area contributed by atoms with Crippen molar-refractivity contribution in [2.45, 2.75) is 6.42 Å². The average Bonchev–Trinajstić information content (AvgIpc) is 2.48. The SMILES string of the molecule is CN(C(=O)Cc1ccccc1O)c1ccccc1C#N. The molecule has 4 heteroatoms. The Morgan fingerprint density at radius 2 is 1.85 bits per heavy atom. The highest BCUT2D eigenvalue weighted by Crippen LogP contribution is 2.21. The van der Waals surface area contributed by atoms with E-state index in [1.807, 2.05) is 0 Å². The third kappa shape index (κ3) is 2.78. The Morgan fingerprint density at radius 3 is 2.55 bits per heavy atom. The average molecular weight is 266 g/mol. The lowest BCUT2D eigenvalue weighted by Crippen LogP contribution is -2.28. The highest BCUT2D eigenvalue weighted by Gasteiger charge is 2.15. The number of nitrogens with zero attached hydrogens (tertiary/aromatic N) is 2. The summed E-state index contributed by atoms with van der Waals surface area (Å²) in [6.45, 7) is 0. The maximum Gasteiger partial charge on any atom is 0.231 e. The van der Waals surface area contributed by atoms with E-state index >= 15 is 0 Å². The molecule has 2 aromatic carbocycles. The number of phenolic OH excluding ortho intramolecular Hbond substituents is 1. The quantitative estimate of drug-likeness (QED) is 0.928. The van der Waals surface area contributed by atoms with Crippen LogP contribution in [0.4, 0.5) is 5.69 Å². The molecule has 1 amide bonds. The Bertz CT molecular complexity index is 674. The van der Waals surface area contributed by atoms with Crippen LogP contribution in [-0.4, -0.2) is 18.1 Å². The van der Waals surface area contributed by atoms with Gasteiger partial charge in [0.1, 0.15) is 11.8 Å². The van der Waals surface area contributed by atoms with Gasteiger partial charge in [-0.05, 0) is 18.2 Å². The molecule has 100 valence electrons. The molecule has 0 spiro atoms. The van der Waals surface area contributed by atoms with Crippen molar-refractivity contribution in [2.24, 2.45) is 0 Å². The Labute approximate surface area is 117 Å². The normalized spacial score (nSPS) is 9.80. The zero-order valence-electron chi connectivity index (χ0n) is 11.1. The molecule has 0 radical (unpaired) electrons. The minimum atomic E-state index is -0.186. The minimum absolute atomic E-state index is 0.0862. The summed E-state index contributed by atoms with van der Waals surface area (Å²) in [6.07, 6.45) is 0.0862. The first-order valence-electron chi connectivity index (χ1n) is 6.16. The van der Waals surface area contributed by atoms with Gasteiger partial charge in [-0.3, -0.25) is 4.79 Å². The van der Waals surface area contributed by atoms with Gasteiger partial charge in [0.15, 0.2) is 0 Å². The van der Waals surface area contributed by atoms with Crippen molar-refractivity contribution in [1.82, 2.24) is 0 Å². The van der Waals surface area contributed by atoms with Crippen molar-refractivity contribution in [3.05, 3.63) is 59.7 Å². The third-order valence-corrected chi connectivity index (χ3v) is 3.09. The molecule has 4 nitrogen and oxygen atoms in total. The number of hydrogen-bond acceptors (Lipinski definition) is 3. The summed E-state index contributed by atoms with van der Waals surface area (Å²) in [4.78, 5) is 13.7. The van der Waals surface area contributed by atoms with Crippen molar-refractivity contribution >= 4 is 11.6 Å². The van der Waals surface area contributed by atoms with Crippen LogP contribution in [0, 0.1) is 11.3 Å². The zero-order chi connectivity index (χ0) is 14.5. The number of phenols is 1. The van der Waals surface area contributed by atoms with Crippen LogP contribution in [-0.2, 0) is 11.2 Å². The monoisotopic (exact) mass is 266 g/mol. The highest BCUT2D eigenvalue weighted by molar-refractivity contribution is 5.95. The van der Waals surface area contributed by atoms with Crippen LogP contribution >= 0.6 is 0 Å². The molecule has 0 heterocycles. The van der Waals surface area contributed by atoms with E-state index in [0.29, 0.717) is 16.8 Å². The van der Waals surface area contributed by atoms with Crippen molar-refractivity contribution in [2.75, 3.05) is 11.9 Å². The van der Waals surface area contributed by atoms with Gasteiger partial charge in [0.05, 0.1) is 17.7 Å². The molecule has 20 heavy (non-hydrogen) atoms. The maximum atomic E-state index is 12.2. The van der Waals surface area contributed by atoms with E-state index in [1.165, 1.54) is 4.90 Å². The lowest BCUT2D eigenvalue weighted by atomic mass is 10.1.